The first kappa shape index (κ1) is 26.9. The van der Waals surface area contributed by atoms with Gasteiger partial charge in [-0.15, -0.1) is 0 Å². The average molecular weight is 413 g/mol. The summed E-state index contributed by atoms with van der Waals surface area (Å²) in [5, 5.41) is 5.27. The van der Waals surface area contributed by atoms with Crippen molar-refractivity contribution >= 4 is 23.6 Å². The van der Waals surface area contributed by atoms with E-state index in [0.717, 1.165) is 0 Å². The maximum atomic E-state index is 13.3. The van der Waals surface area contributed by atoms with Gasteiger partial charge in [0.15, 0.2) is 0 Å². The Morgan fingerprint density at radius 2 is 1.24 bits per heavy atom. The van der Waals surface area contributed by atoms with Crippen LogP contribution in [-0.2, 0) is 19.2 Å². The minimum absolute atomic E-state index is 0.164. The zero-order valence-electron chi connectivity index (χ0n) is 19.5. The maximum absolute atomic E-state index is 13.3. The van der Waals surface area contributed by atoms with Gasteiger partial charge in [-0.05, 0) is 31.6 Å². The summed E-state index contributed by atoms with van der Waals surface area (Å²) in [6.45, 7) is 11.3. The van der Waals surface area contributed by atoms with Gasteiger partial charge < -0.3 is 20.4 Å². The molecule has 0 bridgehead atoms. The highest BCUT2D eigenvalue weighted by atomic mass is 16.2. The summed E-state index contributed by atoms with van der Waals surface area (Å²) in [6, 6.07) is -2.05. The fraction of sp³-hybridized carbons (Fsp3) is 0.810. The summed E-state index contributed by atoms with van der Waals surface area (Å²) >= 11 is 0. The van der Waals surface area contributed by atoms with Gasteiger partial charge in [-0.3, -0.25) is 19.2 Å². The van der Waals surface area contributed by atoms with E-state index >= 15 is 0 Å². The number of nitrogens with zero attached hydrogens (tertiary/aromatic N) is 2. The van der Waals surface area contributed by atoms with Gasteiger partial charge in [-0.1, -0.05) is 34.6 Å². The molecule has 3 atom stereocenters. The minimum Gasteiger partial charge on any atom is -0.357 e. The van der Waals surface area contributed by atoms with Gasteiger partial charge in [0.25, 0.3) is 0 Å². The number of hydrogen-bond donors (Lipinski definition) is 2. The van der Waals surface area contributed by atoms with Crippen LogP contribution in [0.1, 0.15) is 60.8 Å². The number of carbonyl (C=O) groups excluding carboxylic acids is 4. The average Bonchev–Trinajstić information content (AvgIpc) is 2.66. The lowest BCUT2D eigenvalue weighted by Gasteiger charge is -2.36. The first-order valence-electron chi connectivity index (χ1n) is 10.4. The molecule has 4 amide bonds. The Bertz CT molecular complexity index is 577. The van der Waals surface area contributed by atoms with E-state index in [1.807, 2.05) is 27.7 Å². The van der Waals surface area contributed by atoms with Crippen LogP contribution in [0, 0.1) is 11.8 Å². The molecular formula is C21H40N4O4. The second-order valence-corrected chi connectivity index (χ2v) is 8.45. The summed E-state index contributed by atoms with van der Waals surface area (Å²) in [5.41, 5.74) is 0. The van der Waals surface area contributed by atoms with E-state index in [4.69, 9.17) is 0 Å². The van der Waals surface area contributed by atoms with Gasteiger partial charge in [-0.2, -0.15) is 0 Å². The smallest absolute Gasteiger partial charge is 0.245 e. The van der Waals surface area contributed by atoms with Crippen molar-refractivity contribution in [2.75, 3.05) is 21.1 Å². The van der Waals surface area contributed by atoms with Crippen molar-refractivity contribution in [3.63, 3.8) is 0 Å². The maximum Gasteiger partial charge on any atom is 0.245 e. The van der Waals surface area contributed by atoms with E-state index in [2.05, 4.69) is 10.6 Å². The zero-order chi connectivity index (χ0) is 22.9. The Labute approximate surface area is 175 Å². The third-order valence-electron chi connectivity index (χ3n) is 4.92. The number of rotatable bonds is 11. The van der Waals surface area contributed by atoms with Crippen LogP contribution < -0.4 is 10.6 Å². The molecule has 29 heavy (non-hydrogen) atoms. The Morgan fingerprint density at radius 1 is 0.793 bits per heavy atom. The molecule has 2 N–H and O–H groups in total. The van der Waals surface area contributed by atoms with E-state index < -0.39 is 18.1 Å². The topological polar surface area (TPSA) is 98.8 Å². The Morgan fingerprint density at radius 3 is 1.66 bits per heavy atom. The van der Waals surface area contributed by atoms with Gasteiger partial charge in [0.05, 0.1) is 0 Å². The second kappa shape index (κ2) is 12.4. The van der Waals surface area contributed by atoms with Gasteiger partial charge in [0, 0.05) is 27.6 Å². The highest BCUT2D eigenvalue weighted by molar-refractivity contribution is 5.93. The molecule has 0 aliphatic rings. The lowest BCUT2D eigenvalue weighted by molar-refractivity contribution is -0.149. The minimum atomic E-state index is -0.731. The first-order chi connectivity index (χ1) is 13.4. The molecule has 0 unspecified atom stereocenters. The van der Waals surface area contributed by atoms with Gasteiger partial charge >= 0.3 is 0 Å². The molecule has 8 heteroatoms. The van der Waals surface area contributed by atoms with Crippen molar-refractivity contribution in [1.82, 2.24) is 20.4 Å². The fourth-order valence-electron chi connectivity index (χ4n) is 3.18. The second-order valence-electron chi connectivity index (χ2n) is 8.45. The van der Waals surface area contributed by atoms with Crippen LogP contribution in [0.25, 0.3) is 0 Å². The summed E-state index contributed by atoms with van der Waals surface area (Å²) in [6.07, 6.45) is 1.26. The molecule has 0 fully saturated rings. The van der Waals surface area contributed by atoms with E-state index in [1.165, 1.54) is 9.80 Å². The van der Waals surface area contributed by atoms with Crippen molar-refractivity contribution < 1.29 is 19.2 Å². The van der Waals surface area contributed by atoms with E-state index in [0.29, 0.717) is 12.8 Å². The largest absolute Gasteiger partial charge is 0.357 e. The molecule has 0 rings (SSSR count). The normalized spacial score (nSPS) is 14.2. The van der Waals surface area contributed by atoms with Crippen molar-refractivity contribution in [3.8, 4) is 0 Å². The Balaban J connectivity index is 5.66. The van der Waals surface area contributed by atoms with E-state index in [9.17, 15) is 19.2 Å². The molecule has 168 valence electrons. The predicted octanol–water partition coefficient (Wildman–Crippen LogP) is 1.39. The van der Waals surface area contributed by atoms with Gasteiger partial charge in [0.2, 0.25) is 23.6 Å². The summed E-state index contributed by atoms with van der Waals surface area (Å²) in [4.78, 5) is 53.0. The molecule has 8 nitrogen and oxygen atoms in total. The molecule has 0 heterocycles. The lowest BCUT2D eigenvalue weighted by Crippen LogP contribution is -2.57. The van der Waals surface area contributed by atoms with Gasteiger partial charge in [-0.25, -0.2) is 0 Å². The third kappa shape index (κ3) is 8.41. The number of nitrogens with one attached hydrogen (secondary N) is 2. The monoisotopic (exact) mass is 412 g/mol. The number of likely N-dealkylation sites (N-methyl/N-ethyl adjacent to an activating group) is 3. The van der Waals surface area contributed by atoms with Crippen LogP contribution in [0.3, 0.4) is 0 Å². The highest BCUT2D eigenvalue weighted by Gasteiger charge is 2.36. The fourth-order valence-corrected chi connectivity index (χ4v) is 3.18. The van der Waals surface area contributed by atoms with Crippen LogP contribution in [0.5, 0.6) is 0 Å². The molecule has 0 saturated heterocycles. The quantitative estimate of drug-likeness (QED) is 0.536. The molecule has 0 radical (unpaired) electrons. The van der Waals surface area contributed by atoms with Crippen LogP contribution in [-0.4, -0.2) is 72.7 Å². The summed E-state index contributed by atoms with van der Waals surface area (Å²) < 4.78 is 0. The van der Waals surface area contributed by atoms with Crippen LogP contribution in [0.2, 0.25) is 0 Å². The zero-order valence-corrected chi connectivity index (χ0v) is 19.5. The van der Waals surface area contributed by atoms with E-state index in [-0.39, 0.29) is 41.9 Å². The standard InChI is InChI=1S/C21H40N4O4/c1-10-18(26)23-15(6)20(28)25(9)17(12-14(4)5)21(29)24(8)16(11-13(2)3)19(27)22-7/h13-17H,10-12H2,1-9H3,(H,22,27)(H,23,26)/t15-,16+,17-/m1/s1. The lowest BCUT2D eigenvalue weighted by atomic mass is 9.97. The number of carbonyl (C=O) groups is 4. The van der Waals surface area contributed by atoms with Crippen LogP contribution in [0.4, 0.5) is 0 Å². The summed E-state index contributed by atoms with van der Waals surface area (Å²) in [5.74, 6) is -0.677. The van der Waals surface area contributed by atoms with Crippen molar-refractivity contribution in [3.05, 3.63) is 0 Å². The number of hydrogen-bond acceptors (Lipinski definition) is 4. The molecular weight excluding hydrogens is 372 g/mol. The van der Waals surface area contributed by atoms with Crippen LogP contribution >= 0.6 is 0 Å². The molecule has 0 aromatic rings. The third-order valence-corrected chi connectivity index (χ3v) is 4.92. The Hall–Kier alpha value is -2.12. The first-order valence-corrected chi connectivity index (χ1v) is 10.4. The van der Waals surface area contributed by atoms with Gasteiger partial charge in [0.1, 0.15) is 18.1 Å². The Kier molecular flexibility index (Phi) is 11.5. The van der Waals surface area contributed by atoms with Crippen LogP contribution in [0.15, 0.2) is 0 Å². The SMILES string of the molecule is CCC(=O)N[C@H](C)C(=O)N(C)[C@H](CC(C)C)C(=O)N(C)[C@@H](CC(C)C)C(=O)NC. The molecule has 0 saturated carbocycles. The molecule has 0 aromatic carbocycles. The highest BCUT2D eigenvalue weighted by Crippen LogP contribution is 2.18. The molecule has 0 aromatic heterocycles. The van der Waals surface area contributed by atoms with E-state index in [1.54, 1.807) is 35.0 Å². The molecule has 0 spiro atoms. The molecule has 0 aliphatic carbocycles. The predicted molar refractivity (Wildman–Crippen MR) is 114 cm³/mol. The van der Waals surface area contributed by atoms with Crippen molar-refractivity contribution in [2.24, 2.45) is 11.8 Å². The summed E-state index contributed by atoms with van der Waals surface area (Å²) in [7, 11) is 4.74. The van der Waals surface area contributed by atoms with Crippen molar-refractivity contribution in [1.29, 1.82) is 0 Å². The molecule has 0 aliphatic heterocycles. The number of amides is 4. The van der Waals surface area contributed by atoms with Crippen molar-refractivity contribution in [2.45, 2.75) is 78.9 Å².